The molecule has 38 heavy (non-hydrogen) atoms. The third-order valence-electron chi connectivity index (χ3n) is 5.41. The molecular formula is C27H27F2N5O4. The van der Waals surface area contributed by atoms with Gasteiger partial charge in [0.1, 0.15) is 0 Å². The molecule has 3 aromatic heterocycles. The van der Waals surface area contributed by atoms with E-state index in [1.165, 1.54) is 22.9 Å². The zero-order valence-electron chi connectivity index (χ0n) is 21.1. The van der Waals surface area contributed by atoms with Crippen molar-refractivity contribution in [3.63, 3.8) is 0 Å². The summed E-state index contributed by atoms with van der Waals surface area (Å²) in [5, 5.41) is 10.6. The van der Waals surface area contributed by atoms with Gasteiger partial charge in [-0.05, 0) is 56.7 Å². The molecule has 0 amide bonds. The van der Waals surface area contributed by atoms with E-state index in [1.807, 2.05) is 6.92 Å². The maximum absolute atomic E-state index is 13.9. The van der Waals surface area contributed by atoms with Crippen molar-refractivity contribution in [3.05, 3.63) is 70.6 Å². The van der Waals surface area contributed by atoms with Gasteiger partial charge in [0.2, 0.25) is 11.8 Å². The van der Waals surface area contributed by atoms with Gasteiger partial charge in [-0.15, -0.1) is 0 Å². The quantitative estimate of drug-likeness (QED) is 0.249. The number of pyridine rings is 3. The van der Waals surface area contributed by atoms with Crippen LogP contribution >= 0.6 is 0 Å². The number of fused-ring (bicyclic) bond motifs is 1. The van der Waals surface area contributed by atoms with Crippen LogP contribution in [-0.2, 0) is 0 Å². The second-order valence-electron chi connectivity index (χ2n) is 9.05. The lowest BCUT2D eigenvalue weighted by Gasteiger charge is -2.15. The number of rotatable bonds is 9. The van der Waals surface area contributed by atoms with E-state index < -0.39 is 17.8 Å². The van der Waals surface area contributed by atoms with Crippen molar-refractivity contribution in [2.24, 2.45) is 4.99 Å². The summed E-state index contributed by atoms with van der Waals surface area (Å²) in [5.74, 6) is 0.0399. The van der Waals surface area contributed by atoms with E-state index in [2.05, 4.69) is 19.7 Å². The fourth-order valence-electron chi connectivity index (χ4n) is 3.73. The van der Waals surface area contributed by atoms with E-state index in [4.69, 9.17) is 10.5 Å². The lowest BCUT2D eigenvalue weighted by molar-refractivity contribution is -0.0528. The Morgan fingerprint density at radius 1 is 1.16 bits per heavy atom. The highest BCUT2D eigenvalue weighted by molar-refractivity contribution is 5.90. The fraction of sp³-hybridized carbons (Fsp3) is 0.259. The van der Waals surface area contributed by atoms with Crippen LogP contribution in [0.15, 0.2) is 64.5 Å². The molecule has 0 saturated carbocycles. The van der Waals surface area contributed by atoms with Gasteiger partial charge in [0.15, 0.2) is 5.65 Å². The number of aliphatic hydroxyl groups is 1. The first-order chi connectivity index (χ1) is 18.1. The molecule has 1 aromatic carbocycles. The number of nitrogen functional groups attached to an aromatic ring is 1. The minimum Gasteiger partial charge on any atom is -0.478 e. The number of aromatic nitrogens is 3. The molecule has 4 aromatic rings. The van der Waals surface area contributed by atoms with Crippen molar-refractivity contribution in [1.29, 1.82) is 0 Å². The molecule has 0 aliphatic heterocycles. The van der Waals surface area contributed by atoms with Crippen molar-refractivity contribution in [2.75, 3.05) is 18.9 Å². The Morgan fingerprint density at radius 3 is 2.58 bits per heavy atom. The van der Waals surface area contributed by atoms with Gasteiger partial charge < -0.3 is 20.3 Å². The van der Waals surface area contributed by atoms with Gasteiger partial charge in [-0.1, -0.05) is 6.07 Å². The van der Waals surface area contributed by atoms with Crippen molar-refractivity contribution < 1.29 is 23.4 Å². The van der Waals surface area contributed by atoms with Crippen molar-refractivity contribution in [3.8, 4) is 28.6 Å². The number of anilines is 1. The van der Waals surface area contributed by atoms with E-state index in [1.54, 1.807) is 56.5 Å². The van der Waals surface area contributed by atoms with Crippen LogP contribution in [0.4, 0.5) is 14.5 Å². The van der Waals surface area contributed by atoms with Crippen LogP contribution in [-0.4, -0.2) is 51.2 Å². The predicted octanol–water partition coefficient (Wildman–Crippen LogP) is 4.22. The van der Waals surface area contributed by atoms with Crippen LogP contribution in [0.5, 0.6) is 11.8 Å². The summed E-state index contributed by atoms with van der Waals surface area (Å²) in [6.45, 7) is 2.64. The number of nitrogens with two attached hydrogens (primary N) is 1. The van der Waals surface area contributed by atoms with Crippen LogP contribution < -0.4 is 20.8 Å². The maximum Gasteiger partial charge on any atom is 0.388 e. The Balaban J connectivity index is 1.88. The smallest absolute Gasteiger partial charge is 0.388 e. The first kappa shape index (κ1) is 26.7. The zero-order valence-corrected chi connectivity index (χ0v) is 21.1. The summed E-state index contributed by atoms with van der Waals surface area (Å²) in [6.07, 6.45) is 2.81. The van der Waals surface area contributed by atoms with Crippen LogP contribution in [0.3, 0.4) is 0 Å². The van der Waals surface area contributed by atoms with Crippen molar-refractivity contribution in [2.45, 2.75) is 33.0 Å². The topological polar surface area (TPSA) is 125 Å². The number of hydrogen-bond acceptors (Lipinski definition) is 8. The Bertz CT molecular complexity index is 1530. The third kappa shape index (κ3) is 6.12. The largest absolute Gasteiger partial charge is 0.478 e. The van der Waals surface area contributed by atoms with E-state index in [0.29, 0.717) is 51.6 Å². The lowest BCUT2D eigenvalue weighted by atomic mass is 10.0. The summed E-state index contributed by atoms with van der Waals surface area (Å²) in [6, 6.07) is 13.0. The minimum absolute atomic E-state index is 0.172. The summed E-state index contributed by atoms with van der Waals surface area (Å²) in [4.78, 5) is 26.5. The molecule has 0 aliphatic carbocycles. The Labute approximate surface area is 217 Å². The molecule has 11 heteroatoms. The summed E-state index contributed by atoms with van der Waals surface area (Å²) in [5.41, 5.74) is 7.27. The molecule has 0 radical (unpaired) electrons. The highest BCUT2D eigenvalue weighted by Gasteiger charge is 2.17. The van der Waals surface area contributed by atoms with Gasteiger partial charge in [0.05, 0.1) is 30.6 Å². The summed E-state index contributed by atoms with van der Waals surface area (Å²) < 4.78 is 36.4. The molecule has 0 bridgehead atoms. The van der Waals surface area contributed by atoms with Gasteiger partial charge in [-0.25, -0.2) is 4.98 Å². The maximum atomic E-state index is 13.9. The molecule has 0 saturated heterocycles. The molecule has 0 fully saturated rings. The number of alkyl halides is 2. The van der Waals surface area contributed by atoms with Crippen molar-refractivity contribution >= 4 is 22.9 Å². The molecule has 9 nitrogen and oxygen atoms in total. The highest BCUT2D eigenvalue weighted by atomic mass is 19.3. The highest BCUT2D eigenvalue weighted by Crippen LogP contribution is 2.27. The lowest BCUT2D eigenvalue weighted by Crippen LogP contribution is -2.22. The number of aliphatic imine (C=N–C) groups is 1. The van der Waals surface area contributed by atoms with Gasteiger partial charge in [-0.3, -0.25) is 14.4 Å². The van der Waals surface area contributed by atoms with E-state index >= 15 is 0 Å². The molecule has 0 spiro atoms. The Morgan fingerprint density at radius 2 is 1.92 bits per heavy atom. The predicted molar refractivity (Wildman–Crippen MR) is 142 cm³/mol. The molecule has 3 heterocycles. The summed E-state index contributed by atoms with van der Waals surface area (Å²) >= 11 is 0. The third-order valence-corrected chi connectivity index (χ3v) is 5.41. The normalized spacial score (nSPS) is 12.0. The molecule has 0 aliphatic rings. The Hall–Kier alpha value is -4.38. The first-order valence-corrected chi connectivity index (χ1v) is 11.8. The van der Waals surface area contributed by atoms with Crippen LogP contribution in [0, 0.1) is 0 Å². The molecule has 198 valence electrons. The average molecular weight is 524 g/mol. The molecular weight excluding hydrogens is 496 g/mol. The van der Waals surface area contributed by atoms with Gasteiger partial charge in [0.25, 0.3) is 5.56 Å². The monoisotopic (exact) mass is 523 g/mol. The van der Waals surface area contributed by atoms with Gasteiger partial charge in [-0.2, -0.15) is 13.8 Å². The second kappa shape index (κ2) is 10.9. The Kier molecular flexibility index (Phi) is 7.67. The number of hydrogen-bond donors (Lipinski definition) is 2. The van der Waals surface area contributed by atoms with Gasteiger partial charge >= 0.3 is 6.61 Å². The first-order valence-electron chi connectivity index (χ1n) is 11.8. The van der Waals surface area contributed by atoms with E-state index in [-0.39, 0.29) is 12.4 Å². The number of halogens is 2. The zero-order chi connectivity index (χ0) is 27.4. The minimum atomic E-state index is -3.03. The number of ether oxygens (including phenoxy) is 2. The van der Waals surface area contributed by atoms with Crippen molar-refractivity contribution in [1.82, 2.24) is 14.5 Å². The van der Waals surface area contributed by atoms with Crippen LogP contribution in [0.1, 0.15) is 26.3 Å². The van der Waals surface area contributed by atoms with Crippen LogP contribution in [0.2, 0.25) is 0 Å². The second-order valence-corrected chi connectivity index (χ2v) is 9.05. The van der Waals surface area contributed by atoms with E-state index in [0.717, 1.165) is 0 Å². The molecule has 0 unspecified atom stereocenters. The fourth-order valence-corrected chi connectivity index (χ4v) is 3.73. The van der Waals surface area contributed by atoms with E-state index in [9.17, 15) is 18.7 Å². The molecule has 0 atom stereocenters. The SMILES string of the molecule is CCOc1ccc2cc(-c3ccc(N)c(C=NCC(C)(C)O)c3)c(=O)n(-c3ccc(OC(F)F)nc3)c2n1. The molecule has 3 N–H and O–H groups in total. The van der Waals surface area contributed by atoms with Gasteiger partial charge in [0, 0.05) is 40.5 Å². The van der Waals surface area contributed by atoms with Crippen LogP contribution in [0.25, 0.3) is 27.8 Å². The number of benzene rings is 1. The summed E-state index contributed by atoms with van der Waals surface area (Å²) in [7, 11) is 0. The molecule has 4 rings (SSSR count). The standard InChI is InChI=1S/C27H27F2N5O4/c1-4-37-23-9-6-17-12-20(16-5-8-21(30)18(11-16)13-31-15-27(2,3)36)25(35)34(24(17)33-23)19-7-10-22(32-14-19)38-26(28)29/h5-14,26,36H,4,15,30H2,1-3H3. The average Bonchev–Trinajstić information content (AvgIpc) is 2.85. The number of nitrogens with zero attached hydrogens (tertiary/aromatic N) is 4.